The fourth-order valence-electron chi connectivity index (χ4n) is 3.00. The number of anilines is 1. The third kappa shape index (κ3) is 8.32. The standard InChI is InChI=1S/C23H23N5O6S2/c1-28(14-2-3-23(29)30)19-9-4-16(5-10-19)25-27-21-13-8-18(15-22(21)36(32)33)26-24-17-6-11-20(12-7-17)35-34-31/h4-13,15,31H,2-3,14H2,1H3,(H,29,30)(H,32,33)/b26-24+,27-25+. The Kier molecular flexibility index (Phi) is 10.2. The van der Waals surface area contributed by atoms with Crippen molar-refractivity contribution in [2.24, 2.45) is 20.5 Å². The molecule has 0 aliphatic heterocycles. The van der Waals surface area contributed by atoms with Crippen molar-refractivity contribution in [1.29, 1.82) is 0 Å². The molecule has 0 spiro atoms. The van der Waals surface area contributed by atoms with Gasteiger partial charge in [-0.1, -0.05) is 0 Å². The van der Waals surface area contributed by atoms with Crippen molar-refractivity contribution < 1.29 is 28.3 Å². The summed E-state index contributed by atoms with van der Waals surface area (Å²) in [5, 5.41) is 33.7. The van der Waals surface area contributed by atoms with E-state index in [9.17, 15) is 13.6 Å². The number of carboxylic acid groups (broad SMARTS) is 1. The molecule has 0 aromatic heterocycles. The van der Waals surface area contributed by atoms with Crippen molar-refractivity contribution in [3.63, 3.8) is 0 Å². The lowest BCUT2D eigenvalue weighted by Crippen LogP contribution is -2.19. The topological polar surface area (TPSA) is 157 Å². The highest BCUT2D eigenvalue weighted by Gasteiger charge is 2.10. The van der Waals surface area contributed by atoms with Crippen LogP contribution < -0.4 is 4.90 Å². The number of azo groups is 2. The third-order valence-corrected chi connectivity index (χ3v) is 6.07. The van der Waals surface area contributed by atoms with Gasteiger partial charge in [-0.05, 0) is 73.2 Å². The molecule has 3 rings (SSSR count). The van der Waals surface area contributed by atoms with E-state index in [-0.39, 0.29) is 17.0 Å². The Hall–Kier alpha value is -3.49. The van der Waals surface area contributed by atoms with Crippen molar-refractivity contribution in [1.82, 2.24) is 0 Å². The van der Waals surface area contributed by atoms with Crippen LogP contribution in [-0.4, -0.2) is 38.7 Å². The molecule has 13 heteroatoms. The van der Waals surface area contributed by atoms with Gasteiger partial charge >= 0.3 is 5.97 Å². The molecule has 36 heavy (non-hydrogen) atoms. The molecule has 0 bridgehead atoms. The first kappa shape index (κ1) is 27.1. The van der Waals surface area contributed by atoms with Gasteiger partial charge in [-0.25, -0.2) is 9.47 Å². The van der Waals surface area contributed by atoms with E-state index in [1.807, 2.05) is 24.1 Å². The van der Waals surface area contributed by atoms with Gasteiger partial charge in [0.2, 0.25) is 0 Å². The van der Waals surface area contributed by atoms with Crippen LogP contribution in [0.3, 0.4) is 0 Å². The quantitative estimate of drug-likeness (QED) is 0.0752. The lowest BCUT2D eigenvalue weighted by Gasteiger charge is -2.18. The first-order valence-corrected chi connectivity index (χ1v) is 12.4. The molecule has 1 atom stereocenters. The van der Waals surface area contributed by atoms with Crippen LogP contribution in [0.5, 0.6) is 0 Å². The van der Waals surface area contributed by atoms with Crippen LogP contribution in [-0.2, 0) is 20.2 Å². The van der Waals surface area contributed by atoms with Gasteiger partial charge in [-0.15, -0.1) is 5.11 Å². The van der Waals surface area contributed by atoms with Crippen LogP contribution >= 0.6 is 12.0 Å². The number of hydrogen-bond acceptors (Lipinski definition) is 10. The number of carboxylic acids is 1. The zero-order chi connectivity index (χ0) is 25.9. The van der Waals surface area contributed by atoms with Crippen molar-refractivity contribution in [3.8, 4) is 0 Å². The smallest absolute Gasteiger partial charge is 0.303 e. The summed E-state index contributed by atoms with van der Waals surface area (Å²) in [6.07, 6.45) is 0.647. The Morgan fingerprint density at radius 1 is 0.944 bits per heavy atom. The Balaban J connectivity index is 1.68. The largest absolute Gasteiger partial charge is 0.481 e. The van der Waals surface area contributed by atoms with Gasteiger partial charge in [0, 0.05) is 30.6 Å². The maximum atomic E-state index is 11.9. The fraction of sp³-hybridized carbons (Fsp3) is 0.174. The van der Waals surface area contributed by atoms with E-state index < -0.39 is 17.0 Å². The molecular weight excluding hydrogens is 506 g/mol. The molecular formula is C23H23N5O6S2. The Bertz CT molecular complexity index is 1250. The van der Waals surface area contributed by atoms with Gasteiger partial charge in [-0.2, -0.15) is 19.7 Å². The van der Waals surface area contributed by atoms with Crippen molar-refractivity contribution in [2.45, 2.75) is 22.6 Å². The van der Waals surface area contributed by atoms with Gasteiger partial charge in [0.15, 0.2) is 11.1 Å². The normalized spacial score (nSPS) is 12.3. The first-order valence-electron chi connectivity index (χ1n) is 10.6. The number of aliphatic carboxylic acids is 1. The maximum Gasteiger partial charge on any atom is 0.303 e. The number of hydrogen-bond donors (Lipinski definition) is 3. The van der Waals surface area contributed by atoms with E-state index >= 15 is 0 Å². The molecule has 0 saturated carbocycles. The van der Waals surface area contributed by atoms with Gasteiger partial charge in [0.25, 0.3) is 0 Å². The second kappa shape index (κ2) is 13.6. The second-order valence-corrected chi connectivity index (χ2v) is 9.11. The van der Waals surface area contributed by atoms with Crippen molar-refractivity contribution in [2.75, 3.05) is 18.5 Å². The summed E-state index contributed by atoms with van der Waals surface area (Å²) in [7, 11) is 1.88. The van der Waals surface area contributed by atoms with Gasteiger partial charge in [0.1, 0.15) is 5.69 Å². The zero-order valence-corrected chi connectivity index (χ0v) is 20.7. The average molecular weight is 530 g/mol. The van der Waals surface area contributed by atoms with Crippen LogP contribution in [0.1, 0.15) is 12.8 Å². The molecule has 0 heterocycles. The summed E-state index contributed by atoms with van der Waals surface area (Å²) in [6, 6.07) is 18.5. The molecule has 0 amide bonds. The third-order valence-electron chi connectivity index (χ3n) is 4.83. The second-order valence-electron chi connectivity index (χ2n) is 7.39. The number of nitrogens with zero attached hydrogens (tertiary/aromatic N) is 5. The minimum absolute atomic E-state index is 0.0387. The molecule has 11 nitrogen and oxygen atoms in total. The summed E-state index contributed by atoms with van der Waals surface area (Å²) in [6.45, 7) is 0.603. The average Bonchev–Trinajstić information content (AvgIpc) is 2.87. The van der Waals surface area contributed by atoms with Gasteiger partial charge in [-0.3, -0.25) is 4.79 Å². The van der Waals surface area contributed by atoms with E-state index in [4.69, 9.17) is 10.4 Å². The Labute approximate surface area is 214 Å². The molecule has 3 N–H and O–H groups in total. The summed E-state index contributed by atoms with van der Waals surface area (Å²) < 4.78 is 25.6. The molecule has 0 aliphatic carbocycles. The Morgan fingerprint density at radius 3 is 2.14 bits per heavy atom. The van der Waals surface area contributed by atoms with Crippen LogP contribution in [0.2, 0.25) is 0 Å². The summed E-state index contributed by atoms with van der Waals surface area (Å²) >= 11 is -1.53. The highest BCUT2D eigenvalue weighted by Crippen LogP contribution is 2.31. The summed E-state index contributed by atoms with van der Waals surface area (Å²) in [5.41, 5.74) is 2.57. The summed E-state index contributed by atoms with van der Waals surface area (Å²) in [4.78, 5) is 13.3. The van der Waals surface area contributed by atoms with E-state index in [1.165, 1.54) is 12.1 Å². The molecule has 0 fully saturated rings. The minimum Gasteiger partial charge on any atom is -0.481 e. The van der Waals surface area contributed by atoms with E-state index in [0.717, 1.165) is 17.7 Å². The zero-order valence-electron chi connectivity index (χ0n) is 19.1. The number of rotatable bonds is 12. The minimum atomic E-state index is -2.32. The molecule has 0 aliphatic rings. The lowest BCUT2D eigenvalue weighted by atomic mass is 10.2. The van der Waals surface area contributed by atoms with Crippen LogP contribution in [0.15, 0.2) is 97.0 Å². The van der Waals surface area contributed by atoms with Crippen LogP contribution in [0, 0.1) is 0 Å². The molecule has 3 aromatic rings. The van der Waals surface area contributed by atoms with Crippen LogP contribution in [0.25, 0.3) is 0 Å². The molecule has 3 aromatic carbocycles. The lowest BCUT2D eigenvalue weighted by molar-refractivity contribution is -0.137. The fourth-order valence-corrected chi connectivity index (χ4v) is 3.84. The predicted octanol–water partition coefficient (Wildman–Crippen LogP) is 6.90. The van der Waals surface area contributed by atoms with Gasteiger partial charge in [0.05, 0.1) is 34.0 Å². The maximum absolute atomic E-state index is 11.9. The number of benzene rings is 3. The monoisotopic (exact) mass is 529 g/mol. The van der Waals surface area contributed by atoms with Crippen LogP contribution in [0.4, 0.5) is 28.4 Å². The predicted molar refractivity (Wildman–Crippen MR) is 136 cm³/mol. The molecule has 0 radical (unpaired) electrons. The number of carbonyl (C=O) groups is 1. The summed E-state index contributed by atoms with van der Waals surface area (Å²) in [5.74, 6) is -0.821. The highest BCUT2D eigenvalue weighted by atomic mass is 32.2. The van der Waals surface area contributed by atoms with E-state index in [0.29, 0.717) is 34.9 Å². The van der Waals surface area contributed by atoms with Crippen molar-refractivity contribution in [3.05, 3.63) is 66.7 Å². The van der Waals surface area contributed by atoms with E-state index in [2.05, 4.69) is 24.8 Å². The Morgan fingerprint density at radius 2 is 1.53 bits per heavy atom. The highest BCUT2D eigenvalue weighted by molar-refractivity contribution is 7.94. The molecule has 1 unspecified atom stereocenters. The van der Waals surface area contributed by atoms with Crippen molar-refractivity contribution >= 4 is 57.5 Å². The SMILES string of the molecule is CN(CCCC(=O)O)c1ccc(/N=N/c2ccc(/N=N/c3ccc(SOO)cc3)cc2S(=O)O)cc1. The van der Waals surface area contributed by atoms with Gasteiger partial charge < -0.3 is 14.6 Å². The first-order chi connectivity index (χ1) is 17.4. The molecule has 188 valence electrons. The van der Waals surface area contributed by atoms with E-state index in [1.54, 1.807) is 42.5 Å². The molecule has 0 saturated heterocycles.